The molecule has 2 rings (SSSR count). The average molecular weight is 326 g/mol. The molecule has 0 unspecified atom stereocenters. The summed E-state index contributed by atoms with van der Waals surface area (Å²) in [5, 5.41) is 0. The van der Waals surface area contributed by atoms with Crippen LogP contribution in [0.1, 0.15) is 15.9 Å². The number of rotatable bonds is 5. The van der Waals surface area contributed by atoms with Crippen molar-refractivity contribution in [3.63, 3.8) is 0 Å². The summed E-state index contributed by atoms with van der Waals surface area (Å²) in [6.07, 6.45) is -4.69. The number of alkyl halides is 3. The number of carbonyl (C=O) groups excluding carboxylic acids is 1. The second-order valence-electron chi connectivity index (χ2n) is 4.50. The number of methoxy groups -OCH3 is 1. The van der Waals surface area contributed by atoms with E-state index in [1.54, 1.807) is 24.3 Å². The summed E-state index contributed by atoms with van der Waals surface area (Å²) in [5.74, 6) is 0.345. The zero-order chi connectivity index (χ0) is 16.9. The summed E-state index contributed by atoms with van der Waals surface area (Å²) in [7, 11) is 1.52. The number of carbonyl (C=O) groups is 1. The van der Waals surface area contributed by atoms with E-state index in [0.29, 0.717) is 17.1 Å². The van der Waals surface area contributed by atoms with Gasteiger partial charge < -0.3 is 9.47 Å². The van der Waals surface area contributed by atoms with Crippen LogP contribution in [0, 0.1) is 0 Å². The molecule has 0 atom stereocenters. The fourth-order valence-electron chi connectivity index (χ4n) is 1.71. The van der Waals surface area contributed by atoms with Crippen LogP contribution in [0.15, 0.2) is 48.5 Å². The smallest absolute Gasteiger partial charge is 0.497 e. The molecule has 0 amide bonds. The van der Waals surface area contributed by atoms with Crippen LogP contribution in [0.5, 0.6) is 11.5 Å². The van der Waals surface area contributed by atoms with Crippen LogP contribution in [0.25, 0.3) is 0 Å². The lowest BCUT2D eigenvalue weighted by Gasteiger charge is -2.08. The van der Waals surface area contributed by atoms with E-state index in [2.05, 4.69) is 4.74 Å². The van der Waals surface area contributed by atoms with Crippen molar-refractivity contribution >= 4 is 5.97 Å². The standard InChI is InChI=1S/C16H13F3O4/c1-21-13-6-8-14(9-7-13)23-15(20)12-4-2-11(3-5-12)10-22-16(17,18)19/h2-9H,10H2,1H3. The van der Waals surface area contributed by atoms with Crippen molar-refractivity contribution in [2.24, 2.45) is 0 Å². The maximum absolute atomic E-state index is 11.9. The van der Waals surface area contributed by atoms with Gasteiger partial charge in [0.05, 0.1) is 19.3 Å². The molecule has 2 aromatic carbocycles. The highest BCUT2D eigenvalue weighted by molar-refractivity contribution is 5.91. The first-order valence-corrected chi connectivity index (χ1v) is 6.53. The van der Waals surface area contributed by atoms with Crippen molar-refractivity contribution in [3.05, 3.63) is 59.7 Å². The summed E-state index contributed by atoms with van der Waals surface area (Å²) >= 11 is 0. The Morgan fingerprint density at radius 2 is 1.52 bits per heavy atom. The van der Waals surface area contributed by atoms with Gasteiger partial charge in [0.1, 0.15) is 11.5 Å². The lowest BCUT2D eigenvalue weighted by Crippen LogP contribution is -2.13. The third-order valence-corrected chi connectivity index (χ3v) is 2.86. The summed E-state index contributed by atoms with van der Waals surface area (Å²) in [4.78, 5) is 11.9. The third kappa shape index (κ3) is 5.30. The minimum absolute atomic E-state index is 0.219. The molecule has 0 aliphatic rings. The van der Waals surface area contributed by atoms with Gasteiger partial charge in [-0.2, -0.15) is 0 Å². The minimum atomic E-state index is -4.69. The van der Waals surface area contributed by atoms with Gasteiger partial charge in [0.2, 0.25) is 0 Å². The number of benzene rings is 2. The van der Waals surface area contributed by atoms with E-state index in [1.165, 1.54) is 31.4 Å². The lowest BCUT2D eigenvalue weighted by molar-refractivity contribution is -0.330. The highest BCUT2D eigenvalue weighted by Crippen LogP contribution is 2.20. The largest absolute Gasteiger partial charge is 0.522 e. The maximum Gasteiger partial charge on any atom is 0.522 e. The van der Waals surface area contributed by atoms with E-state index in [4.69, 9.17) is 9.47 Å². The first kappa shape index (κ1) is 16.8. The Bertz CT molecular complexity index is 649. The maximum atomic E-state index is 11.9. The molecule has 2 aromatic rings. The molecule has 0 fully saturated rings. The Balaban J connectivity index is 1.96. The molecule has 122 valence electrons. The SMILES string of the molecule is COc1ccc(OC(=O)c2ccc(COC(F)(F)F)cc2)cc1. The Hall–Kier alpha value is -2.54. The number of ether oxygens (including phenoxy) is 3. The molecule has 0 aliphatic carbocycles. The molecule has 4 nitrogen and oxygen atoms in total. The fraction of sp³-hybridized carbons (Fsp3) is 0.188. The quantitative estimate of drug-likeness (QED) is 0.616. The van der Waals surface area contributed by atoms with Gasteiger partial charge in [-0.15, -0.1) is 13.2 Å². The van der Waals surface area contributed by atoms with Gasteiger partial charge in [-0.3, -0.25) is 4.74 Å². The molecule has 0 saturated heterocycles. The first-order chi connectivity index (χ1) is 10.9. The minimum Gasteiger partial charge on any atom is -0.497 e. The highest BCUT2D eigenvalue weighted by Gasteiger charge is 2.28. The van der Waals surface area contributed by atoms with Crippen LogP contribution < -0.4 is 9.47 Å². The molecule has 0 heterocycles. The normalized spacial score (nSPS) is 11.1. The van der Waals surface area contributed by atoms with Gasteiger partial charge in [0.25, 0.3) is 0 Å². The van der Waals surface area contributed by atoms with Crippen LogP contribution in [0.4, 0.5) is 13.2 Å². The molecule has 7 heteroatoms. The van der Waals surface area contributed by atoms with E-state index >= 15 is 0 Å². The van der Waals surface area contributed by atoms with Crippen LogP contribution in [0.3, 0.4) is 0 Å². The Kier molecular flexibility index (Phi) is 5.23. The van der Waals surface area contributed by atoms with E-state index in [9.17, 15) is 18.0 Å². The zero-order valence-electron chi connectivity index (χ0n) is 12.1. The molecule has 0 N–H and O–H groups in total. The molecular weight excluding hydrogens is 313 g/mol. The molecule has 0 radical (unpaired) electrons. The summed E-state index contributed by atoms with van der Waals surface area (Å²) < 4.78 is 49.7. The molecule has 0 aliphatic heterocycles. The number of esters is 1. The predicted molar refractivity (Wildman–Crippen MR) is 75.2 cm³/mol. The van der Waals surface area contributed by atoms with Crippen molar-refractivity contribution in [1.82, 2.24) is 0 Å². The zero-order valence-corrected chi connectivity index (χ0v) is 12.1. The molecule has 0 aromatic heterocycles. The van der Waals surface area contributed by atoms with Gasteiger partial charge in [-0.1, -0.05) is 12.1 Å². The van der Waals surface area contributed by atoms with Gasteiger partial charge in [0, 0.05) is 0 Å². The Labute approximate surface area is 130 Å². The van der Waals surface area contributed by atoms with Crippen molar-refractivity contribution < 1.29 is 32.2 Å². The van der Waals surface area contributed by atoms with Gasteiger partial charge in [-0.25, -0.2) is 4.79 Å². The van der Waals surface area contributed by atoms with Gasteiger partial charge in [0.15, 0.2) is 0 Å². The van der Waals surface area contributed by atoms with Gasteiger partial charge in [-0.05, 0) is 42.0 Å². The molecular formula is C16H13F3O4. The predicted octanol–water partition coefficient (Wildman–Crippen LogP) is 3.95. The van der Waals surface area contributed by atoms with Gasteiger partial charge >= 0.3 is 12.3 Å². The van der Waals surface area contributed by atoms with Crippen molar-refractivity contribution in [2.75, 3.05) is 7.11 Å². The Morgan fingerprint density at radius 3 is 2.04 bits per heavy atom. The molecule has 23 heavy (non-hydrogen) atoms. The first-order valence-electron chi connectivity index (χ1n) is 6.53. The van der Waals surface area contributed by atoms with Crippen LogP contribution >= 0.6 is 0 Å². The molecule has 0 spiro atoms. The second-order valence-corrected chi connectivity index (χ2v) is 4.50. The van der Waals surface area contributed by atoms with Crippen molar-refractivity contribution in [2.45, 2.75) is 13.0 Å². The van der Waals surface area contributed by atoms with Crippen LogP contribution in [0.2, 0.25) is 0 Å². The second kappa shape index (κ2) is 7.15. The van der Waals surface area contributed by atoms with Crippen molar-refractivity contribution in [3.8, 4) is 11.5 Å². The Morgan fingerprint density at radius 1 is 0.957 bits per heavy atom. The monoisotopic (exact) mass is 326 g/mol. The number of halogens is 3. The fourth-order valence-corrected chi connectivity index (χ4v) is 1.71. The van der Waals surface area contributed by atoms with Crippen LogP contribution in [-0.2, 0) is 11.3 Å². The van der Waals surface area contributed by atoms with E-state index in [1.807, 2.05) is 0 Å². The van der Waals surface area contributed by atoms with E-state index in [0.717, 1.165) is 0 Å². The summed E-state index contributed by atoms with van der Waals surface area (Å²) in [6.45, 7) is -0.614. The number of hydrogen-bond acceptors (Lipinski definition) is 4. The average Bonchev–Trinajstić information content (AvgIpc) is 2.53. The van der Waals surface area contributed by atoms with Crippen molar-refractivity contribution in [1.29, 1.82) is 0 Å². The summed E-state index contributed by atoms with van der Waals surface area (Å²) in [5.41, 5.74) is 0.514. The molecule has 0 saturated carbocycles. The van der Waals surface area contributed by atoms with E-state index < -0.39 is 18.9 Å². The summed E-state index contributed by atoms with van der Waals surface area (Å²) in [6, 6.07) is 11.9. The lowest BCUT2D eigenvalue weighted by atomic mass is 10.1. The van der Waals surface area contributed by atoms with E-state index in [-0.39, 0.29) is 5.56 Å². The third-order valence-electron chi connectivity index (χ3n) is 2.86. The topological polar surface area (TPSA) is 44.8 Å². The number of hydrogen-bond donors (Lipinski definition) is 0. The molecule has 0 bridgehead atoms. The highest BCUT2D eigenvalue weighted by atomic mass is 19.4. The van der Waals surface area contributed by atoms with Crippen LogP contribution in [-0.4, -0.2) is 19.4 Å².